The standard InChI is InChI=1S/C14H31N3O.HI/c1-12(2)7-9-17-14(15-5)16-8-6-10-18-11-13(3)4;/h12-13H,6-11H2,1-5H3,(H2,15,16,17);1H. The second-order valence-electron chi connectivity index (χ2n) is 5.43. The highest BCUT2D eigenvalue weighted by Gasteiger charge is 1.98. The van der Waals surface area contributed by atoms with E-state index in [0.29, 0.717) is 5.92 Å². The van der Waals surface area contributed by atoms with Crippen LogP contribution in [0.2, 0.25) is 0 Å². The summed E-state index contributed by atoms with van der Waals surface area (Å²) in [5, 5.41) is 6.60. The first-order valence-electron chi connectivity index (χ1n) is 7.08. The van der Waals surface area contributed by atoms with Crippen LogP contribution in [0.4, 0.5) is 0 Å². The van der Waals surface area contributed by atoms with E-state index in [9.17, 15) is 0 Å². The Morgan fingerprint density at radius 3 is 2.21 bits per heavy atom. The maximum Gasteiger partial charge on any atom is 0.190 e. The third-order valence-corrected chi connectivity index (χ3v) is 2.45. The fourth-order valence-corrected chi connectivity index (χ4v) is 1.40. The second kappa shape index (κ2) is 14.4. The van der Waals surface area contributed by atoms with Crippen molar-refractivity contribution in [3.63, 3.8) is 0 Å². The van der Waals surface area contributed by atoms with Gasteiger partial charge in [0, 0.05) is 33.4 Å². The molecule has 0 heterocycles. The Labute approximate surface area is 136 Å². The number of ether oxygens (including phenoxy) is 1. The zero-order valence-electron chi connectivity index (χ0n) is 13.2. The van der Waals surface area contributed by atoms with Gasteiger partial charge in [-0.1, -0.05) is 27.7 Å². The number of hydrogen-bond acceptors (Lipinski definition) is 2. The van der Waals surface area contributed by atoms with Crippen molar-refractivity contribution in [3.8, 4) is 0 Å². The highest BCUT2D eigenvalue weighted by molar-refractivity contribution is 14.0. The molecule has 0 aliphatic rings. The van der Waals surface area contributed by atoms with Crippen LogP contribution in [-0.2, 0) is 4.74 Å². The molecule has 0 aromatic carbocycles. The Kier molecular flexibility index (Phi) is 16.1. The third-order valence-electron chi connectivity index (χ3n) is 2.45. The van der Waals surface area contributed by atoms with Crippen LogP contribution < -0.4 is 10.6 Å². The molecule has 0 rings (SSSR count). The Morgan fingerprint density at radius 1 is 1.05 bits per heavy atom. The van der Waals surface area contributed by atoms with Gasteiger partial charge in [0.1, 0.15) is 0 Å². The van der Waals surface area contributed by atoms with Gasteiger partial charge in [0.2, 0.25) is 0 Å². The van der Waals surface area contributed by atoms with Gasteiger partial charge in [-0.05, 0) is 24.7 Å². The van der Waals surface area contributed by atoms with E-state index in [0.717, 1.165) is 51.0 Å². The Morgan fingerprint density at radius 2 is 1.68 bits per heavy atom. The van der Waals surface area contributed by atoms with Crippen LogP contribution in [0.3, 0.4) is 0 Å². The average Bonchev–Trinajstić information content (AvgIpc) is 2.30. The zero-order chi connectivity index (χ0) is 13.8. The fourth-order valence-electron chi connectivity index (χ4n) is 1.40. The van der Waals surface area contributed by atoms with E-state index in [1.807, 2.05) is 0 Å². The summed E-state index contributed by atoms with van der Waals surface area (Å²) in [5.74, 6) is 2.22. The molecule has 0 aliphatic heterocycles. The molecule has 0 aliphatic carbocycles. The number of halogens is 1. The predicted molar refractivity (Wildman–Crippen MR) is 94.5 cm³/mol. The van der Waals surface area contributed by atoms with Gasteiger partial charge in [0.25, 0.3) is 0 Å². The average molecular weight is 385 g/mol. The largest absolute Gasteiger partial charge is 0.381 e. The summed E-state index contributed by atoms with van der Waals surface area (Å²) in [6, 6.07) is 0. The fraction of sp³-hybridized carbons (Fsp3) is 0.929. The predicted octanol–water partition coefficient (Wildman–Crippen LogP) is 2.88. The molecule has 0 unspecified atom stereocenters. The van der Waals surface area contributed by atoms with Crippen LogP contribution in [0.1, 0.15) is 40.5 Å². The Bertz CT molecular complexity index is 221. The lowest BCUT2D eigenvalue weighted by molar-refractivity contribution is 0.108. The normalized spacial score (nSPS) is 11.6. The Hall–Kier alpha value is -0.0400. The van der Waals surface area contributed by atoms with Crippen molar-refractivity contribution in [3.05, 3.63) is 0 Å². The smallest absolute Gasteiger partial charge is 0.190 e. The first-order valence-corrected chi connectivity index (χ1v) is 7.08. The molecular formula is C14H32IN3O. The molecule has 0 spiro atoms. The van der Waals surface area contributed by atoms with Crippen molar-refractivity contribution in [1.82, 2.24) is 10.6 Å². The van der Waals surface area contributed by atoms with Crippen LogP contribution >= 0.6 is 24.0 Å². The molecule has 0 aromatic rings. The molecule has 2 N–H and O–H groups in total. The molecule has 0 aromatic heterocycles. The van der Waals surface area contributed by atoms with Crippen LogP contribution in [0.25, 0.3) is 0 Å². The van der Waals surface area contributed by atoms with Gasteiger partial charge in [-0.25, -0.2) is 0 Å². The van der Waals surface area contributed by atoms with Crippen LogP contribution in [0.15, 0.2) is 4.99 Å². The van der Waals surface area contributed by atoms with Crippen molar-refractivity contribution in [2.75, 3.05) is 33.4 Å². The van der Waals surface area contributed by atoms with Crippen LogP contribution in [0, 0.1) is 11.8 Å². The summed E-state index contributed by atoms with van der Waals surface area (Å²) in [4.78, 5) is 4.18. The van der Waals surface area contributed by atoms with Crippen molar-refractivity contribution < 1.29 is 4.74 Å². The highest BCUT2D eigenvalue weighted by Crippen LogP contribution is 1.96. The molecular weight excluding hydrogens is 353 g/mol. The molecule has 0 atom stereocenters. The number of aliphatic imine (C=N–C) groups is 1. The topological polar surface area (TPSA) is 45.7 Å². The van der Waals surface area contributed by atoms with E-state index < -0.39 is 0 Å². The molecule has 0 fully saturated rings. The quantitative estimate of drug-likeness (QED) is 0.278. The van der Waals surface area contributed by atoms with E-state index >= 15 is 0 Å². The zero-order valence-corrected chi connectivity index (χ0v) is 15.5. The Balaban J connectivity index is 0. The van der Waals surface area contributed by atoms with E-state index in [4.69, 9.17) is 4.74 Å². The maximum absolute atomic E-state index is 5.52. The first kappa shape index (κ1) is 21.3. The number of rotatable bonds is 9. The maximum atomic E-state index is 5.52. The van der Waals surface area contributed by atoms with Gasteiger partial charge in [-0.2, -0.15) is 0 Å². The molecule has 0 bridgehead atoms. The second-order valence-corrected chi connectivity index (χ2v) is 5.43. The van der Waals surface area contributed by atoms with E-state index in [2.05, 4.69) is 43.3 Å². The molecule has 0 amide bonds. The molecule has 19 heavy (non-hydrogen) atoms. The van der Waals surface area contributed by atoms with Crippen molar-refractivity contribution in [1.29, 1.82) is 0 Å². The molecule has 4 nitrogen and oxygen atoms in total. The third kappa shape index (κ3) is 15.9. The number of hydrogen-bond donors (Lipinski definition) is 2. The van der Waals surface area contributed by atoms with Crippen LogP contribution in [0.5, 0.6) is 0 Å². The van der Waals surface area contributed by atoms with Gasteiger partial charge in [-0.15, -0.1) is 24.0 Å². The summed E-state index contributed by atoms with van der Waals surface area (Å²) in [6.45, 7) is 12.3. The lowest BCUT2D eigenvalue weighted by Gasteiger charge is -2.13. The van der Waals surface area contributed by atoms with Crippen molar-refractivity contribution >= 4 is 29.9 Å². The van der Waals surface area contributed by atoms with E-state index in [-0.39, 0.29) is 24.0 Å². The summed E-state index contributed by atoms with van der Waals surface area (Å²) >= 11 is 0. The molecule has 0 radical (unpaired) electrons. The number of nitrogens with zero attached hydrogens (tertiary/aromatic N) is 1. The number of nitrogens with one attached hydrogen (secondary N) is 2. The van der Waals surface area contributed by atoms with E-state index in [1.54, 1.807) is 7.05 Å². The van der Waals surface area contributed by atoms with Gasteiger partial charge < -0.3 is 15.4 Å². The molecule has 0 saturated heterocycles. The molecule has 0 saturated carbocycles. The van der Waals surface area contributed by atoms with Gasteiger partial charge in [-0.3, -0.25) is 4.99 Å². The summed E-state index contributed by atoms with van der Waals surface area (Å²) in [6.07, 6.45) is 2.18. The van der Waals surface area contributed by atoms with Gasteiger partial charge >= 0.3 is 0 Å². The first-order chi connectivity index (χ1) is 8.56. The summed E-state index contributed by atoms with van der Waals surface area (Å²) in [7, 11) is 1.81. The summed E-state index contributed by atoms with van der Waals surface area (Å²) in [5.41, 5.74) is 0. The SMILES string of the molecule is CN=C(NCCCOCC(C)C)NCCC(C)C.I. The lowest BCUT2D eigenvalue weighted by atomic mass is 10.1. The van der Waals surface area contributed by atoms with Crippen LogP contribution in [-0.4, -0.2) is 39.3 Å². The highest BCUT2D eigenvalue weighted by atomic mass is 127. The minimum atomic E-state index is 0. The van der Waals surface area contributed by atoms with Gasteiger partial charge in [0.05, 0.1) is 0 Å². The molecule has 5 heteroatoms. The van der Waals surface area contributed by atoms with Crippen molar-refractivity contribution in [2.45, 2.75) is 40.5 Å². The monoisotopic (exact) mass is 385 g/mol. The summed E-state index contributed by atoms with van der Waals surface area (Å²) < 4.78 is 5.52. The van der Waals surface area contributed by atoms with Crippen molar-refractivity contribution in [2.24, 2.45) is 16.8 Å². The van der Waals surface area contributed by atoms with E-state index in [1.165, 1.54) is 0 Å². The number of guanidine groups is 1. The van der Waals surface area contributed by atoms with Gasteiger partial charge in [0.15, 0.2) is 5.96 Å². The minimum Gasteiger partial charge on any atom is -0.381 e. The molecule has 116 valence electrons. The minimum absolute atomic E-state index is 0. The lowest BCUT2D eigenvalue weighted by Crippen LogP contribution is -2.38.